The van der Waals surface area contributed by atoms with E-state index in [1.54, 1.807) is 8.87 Å². The molecule has 19 heavy (non-hydrogen) atoms. The van der Waals surface area contributed by atoms with Gasteiger partial charge in [0.2, 0.25) is 0 Å². The van der Waals surface area contributed by atoms with Crippen LogP contribution in [0.1, 0.15) is 73.1 Å². The van der Waals surface area contributed by atoms with Crippen molar-refractivity contribution in [1.82, 2.24) is 0 Å². The van der Waals surface area contributed by atoms with Crippen LogP contribution in [-0.2, 0) is 4.79 Å². The minimum Gasteiger partial charge on any atom is -0.481 e. The molecule has 0 spiro atoms. The Bertz CT molecular complexity index is 183. The predicted octanol–water partition coefficient (Wildman–Crippen LogP) is 5.27. The van der Waals surface area contributed by atoms with Crippen molar-refractivity contribution >= 4 is 27.1 Å². The van der Waals surface area contributed by atoms with Gasteiger partial charge >= 0.3 is 75.5 Å². The Kier molecular flexibility index (Phi) is 18.5. The Labute approximate surface area is 131 Å². The summed E-state index contributed by atoms with van der Waals surface area (Å²) in [6.07, 6.45) is 5.88. The number of aliphatic carboxylic acids is 1. The van der Waals surface area contributed by atoms with Gasteiger partial charge in [0.05, 0.1) is 0 Å². The van der Waals surface area contributed by atoms with E-state index in [9.17, 15) is 4.79 Å². The van der Waals surface area contributed by atoms with E-state index < -0.39 is 5.97 Å². The second-order valence-corrected chi connectivity index (χ2v) is 9.76. The number of rotatable bonds is 10. The summed E-state index contributed by atoms with van der Waals surface area (Å²) in [5, 5.41) is 8.27. The van der Waals surface area contributed by atoms with Crippen LogP contribution in [0.15, 0.2) is 0 Å². The van der Waals surface area contributed by atoms with Crippen molar-refractivity contribution in [3.8, 4) is 0 Å². The van der Waals surface area contributed by atoms with Gasteiger partial charge in [-0.2, -0.15) is 0 Å². The molecule has 0 bridgehead atoms. The monoisotopic (exact) mass is 378 g/mol. The van der Waals surface area contributed by atoms with Crippen molar-refractivity contribution in [1.29, 1.82) is 0 Å². The Balaban J connectivity index is 0. The minimum absolute atomic E-state index is 0.0709. The largest absolute Gasteiger partial charge is 0.481 e. The van der Waals surface area contributed by atoms with E-state index in [0.29, 0.717) is 6.42 Å². The second-order valence-electron chi connectivity index (χ2n) is 6.00. The molecule has 0 heterocycles. The van der Waals surface area contributed by atoms with E-state index in [1.807, 2.05) is 0 Å². The summed E-state index contributed by atoms with van der Waals surface area (Å²) < 4.78 is 3.14. The van der Waals surface area contributed by atoms with Gasteiger partial charge in [-0.1, -0.05) is 32.6 Å². The molecule has 1 N–H and O–H groups in total. The third kappa shape index (κ3) is 27.5. The molecule has 0 saturated carbocycles. The maximum atomic E-state index is 10.0. The summed E-state index contributed by atoms with van der Waals surface area (Å²) in [6.45, 7) is 11.5. The summed E-state index contributed by atoms with van der Waals surface area (Å²) >= 11 is 0.0709. The van der Waals surface area contributed by atoms with Gasteiger partial charge in [-0.25, -0.2) is 0 Å². The van der Waals surface area contributed by atoms with Crippen molar-refractivity contribution in [2.24, 2.45) is 11.8 Å². The normalized spacial score (nSPS) is 10.5. The first-order valence-electron chi connectivity index (χ1n) is 7.82. The van der Waals surface area contributed by atoms with Crippen LogP contribution in [0.4, 0.5) is 0 Å². The van der Waals surface area contributed by atoms with Gasteiger partial charge in [0.1, 0.15) is 0 Å². The predicted molar refractivity (Wildman–Crippen MR) is 86.1 cm³/mol. The summed E-state index contributed by atoms with van der Waals surface area (Å²) in [7, 11) is 0. The number of unbranched alkanes of at least 4 members (excludes halogenated alkanes) is 4. The molecule has 2 nitrogen and oxygen atoms in total. The summed E-state index contributed by atoms with van der Waals surface area (Å²) in [6, 6.07) is 0. The van der Waals surface area contributed by atoms with Gasteiger partial charge in [0.15, 0.2) is 0 Å². The number of hydrogen-bond donors (Lipinski definition) is 1. The molecule has 0 aliphatic rings. The first kappa shape index (κ1) is 21.6. The zero-order valence-electron chi connectivity index (χ0n) is 13.7. The Morgan fingerprint density at radius 2 is 1.42 bits per heavy atom. The molecule has 0 aliphatic carbocycles. The molecule has 0 saturated heterocycles. The van der Waals surface area contributed by atoms with Crippen molar-refractivity contribution < 1.29 is 9.90 Å². The van der Waals surface area contributed by atoms with Gasteiger partial charge in [0.25, 0.3) is 0 Å². The molecule has 0 aromatic rings. The van der Waals surface area contributed by atoms with E-state index in [1.165, 1.54) is 19.3 Å². The van der Waals surface area contributed by atoms with Crippen LogP contribution in [0.2, 0.25) is 8.87 Å². The molecular formula is C16H34O2Sn. The van der Waals surface area contributed by atoms with Crippen molar-refractivity contribution in [2.75, 3.05) is 0 Å². The quantitative estimate of drug-likeness (QED) is 0.416. The zero-order valence-corrected chi connectivity index (χ0v) is 16.5. The average molecular weight is 377 g/mol. The van der Waals surface area contributed by atoms with Crippen LogP contribution in [-0.4, -0.2) is 32.2 Å². The summed E-state index contributed by atoms with van der Waals surface area (Å²) in [5.41, 5.74) is 0. The maximum Gasteiger partial charge on any atom is 0.303 e. The molecule has 0 rings (SSSR count). The van der Waals surface area contributed by atoms with Gasteiger partial charge in [-0.3, -0.25) is 4.79 Å². The first-order chi connectivity index (χ1) is 8.90. The van der Waals surface area contributed by atoms with Crippen LogP contribution in [0.5, 0.6) is 0 Å². The average Bonchev–Trinajstić information content (AvgIpc) is 2.28. The zero-order chi connectivity index (χ0) is 15.1. The molecule has 0 atom stereocenters. The van der Waals surface area contributed by atoms with Gasteiger partial charge < -0.3 is 5.11 Å². The molecule has 3 heteroatoms. The summed E-state index contributed by atoms with van der Waals surface area (Å²) in [4.78, 5) is 10.0. The van der Waals surface area contributed by atoms with Gasteiger partial charge in [0, 0.05) is 6.42 Å². The van der Waals surface area contributed by atoms with Crippen LogP contribution in [0.25, 0.3) is 0 Å². The van der Waals surface area contributed by atoms with E-state index in [-0.39, 0.29) is 21.1 Å². The molecular weight excluding hydrogens is 343 g/mol. The number of carboxylic acid groups (broad SMARTS) is 1. The standard InChI is InChI=1S/C8H16O2.2C4H9.Sn/c1-2-3-4-5-6-7-8(9)10;2*1-4(2)3;/h2-7H2,1H3,(H,9,10);2*4H,1H2,2-3H3;. The smallest absolute Gasteiger partial charge is 0.303 e. The molecule has 0 aromatic heterocycles. The number of hydrogen-bond acceptors (Lipinski definition) is 1. The van der Waals surface area contributed by atoms with Crippen molar-refractivity contribution in [3.05, 3.63) is 0 Å². The summed E-state index contributed by atoms with van der Waals surface area (Å²) in [5.74, 6) is 1.27. The molecule has 0 amide bonds. The van der Waals surface area contributed by atoms with Crippen LogP contribution in [0.3, 0.4) is 0 Å². The second kappa shape index (κ2) is 16.3. The van der Waals surface area contributed by atoms with Crippen molar-refractivity contribution in [2.45, 2.75) is 82.0 Å². The maximum absolute atomic E-state index is 10.0. The fourth-order valence-corrected chi connectivity index (χ4v) is 5.31. The first-order valence-corrected chi connectivity index (χ1v) is 11.9. The molecule has 0 aliphatic heterocycles. The third-order valence-corrected chi connectivity index (χ3v) is 8.91. The third-order valence-electron chi connectivity index (χ3n) is 2.60. The van der Waals surface area contributed by atoms with Crippen LogP contribution in [0, 0.1) is 11.8 Å². The van der Waals surface area contributed by atoms with E-state index in [4.69, 9.17) is 5.11 Å². The van der Waals surface area contributed by atoms with Crippen LogP contribution < -0.4 is 0 Å². The number of carbonyl (C=O) groups is 1. The molecule has 0 aromatic carbocycles. The molecule has 0 fully saturated rings. The molecule has 114 valence electrons. The molecule has 2 radical (unpaired) electrons. The SMILES string of the molecule is CC(C)[CH2][Sn][CH2]C(C)C.CCCCCCCC(=O)O. The van der Waals surface area contributed by atoms with E-state index in [0.717, 1.165) is 24.7 Å². The topological polar surface area (TPSA) is 37.3 Å². The van der Waals surface area contributed by atoms with Gasteiger partial charge in [-0.15, -0.1) is 0 Å². The van der Waals surface area contributed by atoms with E-state index >= 15 is 0 Å². The Hall–Kier alpha value is 0.269. The molecule has 0 unspecified atom stereocenters. The fraction of sp³-hybridized carbons (Fsp3) is 0.938. The number of carboxylic acids is 1. The fourth-order valence-electron chi connectivity index (χ4n) is 1.54. The Morgan fingerprint density at radius 1 is 0.947 bits per heavy atom. The van der Waals surface area contributed by atoms with Gasteiger partial charge in [-0.05, 0) is 6.42 Å². The van der Waals surface area contributed by atoms with Crippen LogP contribution >= 0.6 is 0 Å². The van der Waals surface area contributed by atoms with E-state index in [2.05, 4.69) is 34.6 Å². The van der Waals surface area contributed by atoms with Crippen molar-refractivity contribution in [3.63, 3.8) is 0 Å². The minimum atomic E-state index is -0.670. The Morgan fingerprint density at radius 3 is 1.79 bits per heavy atom.